The predicted molar refractivity (Wildman–Crippen MR) is 83.5 cm³/mol. The maximum absolute atomic E-state index is 13.0. The second kappa shape index (κ2) is 5.33. The Morgan fingerprint density at radius 3 is 2.87 bits per heavy atom. The Morgan fingerprint density at radius 1 is 1.43 bits per heavy atom. The molecular weight excluding hydrogens is 294 g/mol. The van der Waals surface area contributed by atoms with E-state index in [9.17, 15) is 9.59 Å². The Labute approximate surface area is 137 Å². The molecule has 0 radical (unpaired) electrons. The number of nitrogens with zero attached hydrogens (tertiary/aromatic N) is 1. The number of fused-ring (bicyclic) bond motifs is 1. The van der Waals surface area contributed by atoms with Crippen LogP contribution in [0.1, 0.15) is 39.5 Å². The second-order valence-corrected chi connectivity index (χ2v) is 7.83. The van der Waals surface area contributed by atoms with Gasteiger partial charge in [-0.2, -0.15) is 0 Å². The summed E-state index contributed by atoms with van der Waals surface area (Å²) in [5.41, 5.74) is -0.591. The first-order valence-electron chi connectivity index (χ1n) is 8.86. The molecule has 1 aliphatic carbocycles. The van der Waals surface area contributed by atoms with E-state index in [4.69, 9.17) is 9.47 Å². The maximum atomic E-state index is 13.0. The second-order valence-electron chi connectivity index (χ2n) is 7.83. The van der Waals surface area contributed by atoms with E-state index >= 15 is 0 Å². The molecular formula is C18H25NO4. The van der Waals surface area contributed by atoms with E-state index in [0.29, 0.717) is 19.2 Å². The van der Waals surface area contributed by atoms with Gasteiger partial charge in [-0.25, -0.2) is 0 Å². The Balaban J connectivity index is 1.56. The highest BCUT2D eigenvalue weighted by molar-refractivity contribution is 5.91. The molecule has 126 valence electrons. The summed E-state index contributed by atoms with van der Waals surface area (Å²) < 4.78 is 11.5. The van der Waals surface area contributed by atoms with Crippen molar-refractivity contribution in [1.82, 2.24) is 4.90 Å². The van der Waals surface area contributed by atoms with Gasteiger partial charge in [0.25, 0.3) is 0 Å². The topological polar surface area (TPSA) is 55.8 Å². The molecule has 0 N–H and O–H groups in total. The van der Waals surface area contributed by atoms with E-state index < -0.39 is 17.4 Å². The van der Waals surface area contributed by atoms with Gasteiger partial charge in [0.15, 0.2) is 0 Å². The Kier molecular flexibility index (Phi) is 3.52. The molecule has 23 heavy (non-hydrogen) atoms. The molecule has 1 spiro atoms. The lowest BCUT2D eigenvalue weighted by molar-refractivity contribution is -0.155. The lowest BCUT2D eigenvalue weighted by Gasteiger charge is -2.26. The third-order valence-corrected chi connectivity index (χ3v) is 5.73. The predicted octanol–water partition coefficient (Wildman–Crippen LogP) is 1.91. The summed E-state index contributed by atoms with van der Waals surface area (Å²) in [6, 6.07) is 0.325. The van der Waals surface area contributed by atoms with Crippen LogP contribution in [0.5, 0.6) is 0 Å². The number of ether oxygens (including phenoxy) is 2. The van der Waals surface area contributed by atoms with Crippen molar-refractivity contribution in [1.29, 1.82) is 0 Å². The molecule has 5 nitrogen and oxygen atoms in total. The van der Waals surface area contributed by atoms with Crippen LogP contribution in [0, 0.1) is 17.8 Å². The summed E-state index contributed by atoms with van der Waals surface area (Å²) in [5.74, 6) is -0.760. The summed E-state index contributed by atoms with van der Waals surface area (Å²) in [4.78, 5) is 27.5. The number of esters is 1. The highest BCUT2D eigenvalue weighted by Crippen LogP contribution is 2.53. The van der Waals surface area contributed by atoms with Crippen LogP contribution in [0.15, 0.2) is 12.2 Å². The van der Waals surface area contributed by atoms with Crippen LogP contribution in [0.4, 0.5) is 0 Å². The van der Waals surface area contributed by atoms with Gasteiger partial charge in [-0.3, -0.25) is 9.59 Å². The van der Waals surface area contributed by atoms with Gasteiger partial charge in [0, 0.05) is 6.04 Å². The normalized spacial score (nSPS) is 38.8. The van der Waals surface area contributed by atoms with Gasteiger partial charge >= 0.3 is 5.97 Å². The van der Waals surface area contributed by atoms with Crippen molar-refractivity contribution in [2.45, 2.75) is 57.3 Å². The first-order valence-corrected chi connectivity index (χ1v) is 8.86. The lowest BCUT2D eigenvalue weighted by atomic mass is 9.77. The molecule has 0 aromatic rings. The van der Waals surface area contributed by atoms with E-state index in [-0.39, 0.29) is 23.9 Å². The van der Waals surface area contributed by atoms with Gasteiger partial charge in [0.1, 0.15) is 11.5 Å². The van der Waals surface area contributed by atoms with Crippen molar-refractivity contribution < 1.29 is 19.1 Å². The highest BCUT2D eigenvalue weighted by Gasteiger charge is 2.67. The van der Waals surface area contributed by atoms with Gasteiger partial charge in [-0.1, -0.05) is 38.8 Å². The molecule has 5 heteroatoms. The van der Waals surface area contributed by atoms with Crippen molar-refractivity contribution in [2.24, 2.45) is 17.8 Å². The first-order chi connectivity index (χ1) is 11.0. The number of hydrogen-bond donors (Lipinski definition) is 0. The first kappa shape index (κ1) is 15.2. The zero-order valence-electron chi connectivity index (χ0n) is 13.9. The third-order valence-electron chi connectivity index (χ3n) is 5.73. The fourth-order valence-corrected chi connectivity index (χ4v) is 4.67. The summed E-state index contributed by atoms with van der Waals surface area (Å²) >= 11 is 0. The third kappa shape index (κ3) is 2.24. The van der Waals surface area contributed by atoms with Crippen LogP contribution in [-0.2, 0) is 19.1 Å². The number of amides is 1. The Hall–Kier alpha value is -1.36. The molecule has 0 aromatic heterocycles. The van der Waals surface area contributed by atoms with Crippen molar-refractivity contribution in [3.63, 3.8) is 0 Å². The minimum absolute atomic E-state index is 0.0928. The van der Waals surface area contributed by atoms with Crippen molar-refractivity contribution >= 4 is 11.9 Å². The average Bonchev–Trinajstić information content (AvgIpc) is 3.25. The summed E-state index contributed by atoms with van der Waals surface area (Å²) in [6.07, 6.45) is 8.18. The molecule has 3 fully saturated rings. The van der Waals surface area contributed by atoms with Crippen LogP contribution in [0.3, 0.4) is 0 Å². The average molecular weight is 319 g/mol. The minimum atomic E-state index is -0.591. The van der Waals surface area contributed by atoms with Gasteiger partial charge in [0.2, 0.25) is 5.91 Å². The smallest absolute Gasteiger partial charge is 0.312 e. The molecule has 2 saturated heterocycles. The van der Waals surface area contributed by atoms with Crippen LogP contribution in [0.25, 0.3) is 0 Å². The Morgan fingerprint density at radius 2 is 2.17 bits per heavy atom. The number of carbonyl (C=O) groups is 2. The van der Waals surface area contributed by atoms with E-state index in [1.54, 1.807) is 0 Å². The van der Waals surface area contributed by atoms with E-state index in [0.717, 1.165) is 12.8 Å². The van der Waals surface area contributed by atoms with E-state index in [2.05, 4.69) is 0 Å². The zero-order valence-corrected chi connectivity index (χ0v) is 13.9. The van der Waals surface area contributed by atoms with Crippen LogP contribution >= 0.6 is 0 Å². The number of hydrogen-bond acceptors (Lipinski definition) is 4. The zero-order chi connectivity index (χ0) is 16.2. The van der Waals surface area contributed by atoms with Gasteiger partial charge in [-0.05, 0) is 18.8 Å². The number of carbonyl (C=O) groups excluding carboxylic acids is 2. The van der Waals surface area contributed by atoms with Crippen molar-refractivity contribution in [3.8, 4) is 0 Å². The molecule has 4 atom stereocenters. The van der Waals surface area contributed by atoms with E-state index in [1.807, 2.05) is 30.9 Å². The Bertz CT molecular complexity index is 551. The van der Waals surface area contributed by atoms with Crippen LogP contribution < -0.4 is 0 Å². The molecule has 3 heterocycles. The molecule has 4 aliphatic rings. The molecule has 2 bridgehead atoms. The van der Waals surface area contributed by atoms with Crippen molar-refractivity contribution in [3.05, 3.63) is 12.2 Å². The number of likely N-dealkylation sites (tertiary alicyclic amines) is 1. The molecule has 0 aromatic carbocycles. The molecule has 4 rings (SSSR count). The summed E-state index contributed by atoms with van der Waals surface area (Å²) in [5, 5.41) is 0. The minimum Gasteiger partial charge on any atom is -0.465 e. The standard InChI is InChI=1S/C18H25NO4/c1-11(2)9-22-17(21)14-13-7-8-18(23-13)10-19(16(20)15(14)18)12-5-3-4-6-12/h7-8,11-15H,3-6,9-10H2,1-2H3/t13-,14+,15-,18+/m0/s1. The summed E-state index contributed by atoms with van der Waals surface area (Å²) in [7, 11) is 0. The van der Waals surface area contributed by atoms with Gasteiger partial charge < -0.3 is 14.4 Å². The molecule has 1 saturated carbocycles. The SMILES string of the molecule is CC(C)COC(=O)[C@@H]1[C@@H]2C=C[C@]3(CN(C4CCCC4)C(=O)[C@H]13)O2. The lowest BCUT2D eigenvalue weighted by Crippen LogP contribution is -2.41. The summed E-state index contributed by atoms with van der Waals surface area (Å²) in [6.45, 7) is 5.01. The van der Waals surface area contributed by atoms with Gasteiger partial charge in [0.05, 0.1) is 25.2 Å². The quantitative estimate of drug-likeness (QED) is 0.587. The monoisotopic (exact) mass is 319 g/mol. The molecule has 0 unspecified atom stereocenters. The maximum Gasteiger partial charge on any atom is 0.312 e. The highest BCUT2D eigenvalue weighted by atomic mass is 16.6. The fraction of sp³-hybridized carbons (Fsp3) is 0.778. The van der Waals surface area contributed by atoms with Crippen LogP contribution in [0.2, 0.25) is 0 Å². The fourth-order valence-electron chi connectivity index (χ4n) is 4.67. The van der Waals surface area contributed by atoms with Gasteiger partial charge in [-0.15, -0.1) is 0 Å². The van der Waals surface area contributed by atoms with Crippen LogP contribution in [-0.4, -0.2) is 47.7 Å². The largest absolute Gasteiger partial charge is 0.465 e. The molecule has 1 amide bonds. The number of rotatable bonds is 4. The van der Waals surface area contributed by atoms with Crippen molar-refractivity contribution in [2.75, 3.05) is 13.2 Å². The molecule has 3 aliphatic heterocycles. The van der Waals surface area contributed by atoms with E-state index in [1.165, 1.54) is 12.8 Å².